The Labute approximate surface area is 389 Å². The maximum atomic E-state index is 14.1. The Morgan fingerprint density at radius 3 is 1.58 bits per heavy atom. The number of rotatable bonds is 12. The average molecular weight is 914 g/mol. The molecule has 1 amide bonds. The molecule has 9 rings (SSSR count). The van der Waals surface area contributed by atoms with Crippen LogP contribution in [-0.4, -0.2) is 45.8 Å². The molecule has 0 saturated carbocycles. The molecule has 1 aliphatic carbocycles. The highest BCUT2D eigenvalue weighted by molar-refractivity contribution is 6.34. The normalized spacial score (nSPS) is 12.2. The van der Waals surface area contributed by atoms with E-state index in [1.54, 1.807) is 93.0 Å². The molecule has 14 heteroatoms. The standard InChI is InChI=1S/C52H38Cl2N6O6/c1-59(44-19-11-9-17-42(44)53)52(63)41-26-31-14-6-8-16-36(31)47(51(41)65-4)58-56-34-22-24-38-40(28-34)49(62)37-23-21-33(27-39(37)48(38)61)55-57-46-35-15-7-5-13-30(35)25-32(50(46)64-3)29-66-60(2)45-20-12-10-18-43(45)54/h5-28H,29H2,1-4H3. The number of benzene rings is 8. The Kier molecular flexibility index (Phi) is 12.1. The lowest BCUT2D eigenvalue weighted by atomic mass is 9.83. The lowest BCUT2D eigenvalue weighted by Gasteiger charge is -2.21. The summed E-state index contributed by atoms with van der Waals surface area (Å²) in [5.41, 5.74) is 4.44. The largest absolute Gasteiger partial charge is 0.494 e. The molecule has 0 aromatic heterocycles. The molecule has 0 heterocycles. The first-order chi connectivity index (χ1) is 32.1. The van der Waals surface area contributed by atoms with Gasteiger partial charge in [0, 0.05) is 52.7 Å². The number of amides is 1. The minimum atomic E-state index is -0.370. The van der Waals surface area contributed by atoms with Gasteiger partial charge in [0.05, 0.1) is 52.6 Å². The number of azo groups is 2. The highest BCUT2D eigenvalue weighted by atomic mass is 35.5. The summed E-state index contributed by atoms with van der Waals surface area (Å²) >= 11 is 12.9. The van der Waals surface area contributed by atoms with Crippen molar-refractivity contribution in [3.63, 3.8) is 0 Å². The lowest BCUT2D eigenvalue weighted by Crippen LogP contribution is -2.27. The summed E-state index contributed by atoms with van der Waals surface area (Å²) in [6, 6.07) is 42.7. The molecule has 8 aromatic rings. The Morgan fingerprint density at radius 1 is 0.545 bits per heavy atom. The zero-order valence-electron chi connectivity index (χ0n) is 36.0. The van der Waals surface area contributed by atoms with Gasteiger partial charge in [-0.15, -0.1) is 10.2 Å². The number of ether oxygens (including phenoxy) is 2. The predicted octanol–water partition coefficient (Wildman–Crippen LogP) is 13.8. The molecule has 12 nitrogen and oxygen atoms in total. The van der Waals surface area contributed by atoms with Gasteiger partial charge in [0.15, 0.2) is 23.1 Å². The fraction of sp³-hybridized carbons (Fsp3) is 0.0962. The number of halogens is 2. The van der Waals surface area contributed by atoms with Crippen LogP contribution in [0.1, 0.15) is 47.8 Å². The van der Waals surface area contributed by atoms with Crippen molar-refractivity contribution in [3.05, 3.63) is 189 Å². The van der Waals surface area contributed by atoms with E-state index in [2.05, 4.69) is 20.5 Å². The highest BCUT2D eigenvalue weighted by Gasteiger charge is 2.31. The number of methoxy groups -OCH3 is 2. The summed E-state index contributed by atoms with van der Waals surface area (Å²) in [7, 11) is 6.42. The minimum absolute atomic E-state index is 0.137. The SMILES string of the molecule is COc1c(CON(C)c2ccccc2Cl)cc2ccccc2c1N=Nc1ccc2c(c1)C(=O)c1ccc(N=Nc3c(OC)c(C(=O)N(C)c4ccccc4Cl)cc4ccccc34)cc1C2=O. The van der Waals surface area contributed by atoms with Gasteiger partial charge < -0.3 is 14.4 Å². The molecular formula is C52H38Cl2N6O6. The monoisotopic (exact) mass is 912 g/mol. The van der Waals surface area contributed by atoms with Gasteiger partial charge in [0.25, 0.3) is 5.91 Å². The van der Waals surface area contributed by atoms with Crippen LogP contribution in [0.2, 0.25) is 10.0 Å². The molecule has 326 valence electrons. The minimum Gasteiger partial charge on any atom is -0.494 e. The predicted molar refractivity (Wildman–Crippen MR) is 258 cm³/mol. The van der Waals surface area contributed by atoms with Crippen molar-refractivity contribution in [1.82, 2.24) is 0 Å². The summed E-state index contributed by atoms with van der Waals surface area (Å²) in [5.74, 6) is -0.416. The second-order valence-corrected chi connectivity index (χ2v) is 16.0. The second kappa shape index (κ2) is 18.4. The van der Waals surface area contributed by atoms with E-state index in [1.807, 2.05) is 72.8 Å². The number of ketones is 2. The van der Waals surface area contributed by atoms with E-state index in [4.69, 9.17) is 37.5 Å². The summed E-state index contributed by atoms with van der Waals surface area (Å²) in [4.78, 5) is 49.7. The molecular weight excluding hydrogens is 876 g/mol. The van der Waals surface area contributed by atoms with Gasteiger partial charge in [0.2, 0.25) is 0 Å². The van der Waals surface area contributed by atoms with Crippen LogP contribution in [0.5, 0.6) is 11.5 Å². The zero-order valence-corrected chi connectivity index (χ0v) is 37.5. The lowest BCUT2D eigenvalue weighted by molar-refractivity contribution is 0.0979. The van der Waals surface area contributed by atoms with Crippen LogP contribution in [0.15, 0.2) is 166 Å². The summed E-state index contributed by atoms with van der Waals surface area (Å²) < 4.78 is 11.7. The van der Waals surface area contributed by atoms with Gasteiger partial charge in [-0.25, -0.2) is 0 Å². The van der Waals surface area contributed by atoms with Crippen LogP contribution in [0.25, 0.3) is 21.5 Å². The number of fused-ring (bicyclic) bond motifs is 4. The molecule has 0 saturated heterocycles. The van der Waals surface area contributed by atoms with Crippen molar-refractivity contribution in [1.29, 1.82) is 0 Å². The number of hydrogen-bond acceptors (Lipinski definition) is 11. The molecule has 0 radical (unpaired) electrons. The Bertz CT molecular complexity index is 3340. The molecule has 0 spiro atoms. The van der Waals surface area contributed by atoms with E-state index >= 15 is 0 Å². The fourth-order valence-corrected chi connectivity index (χ4v) is 8.51. The third kappa shape index (κ3) is 8.13. The van der Waals surface area contributed by atoms with Gasteiger partial charge >= 0.3 is 0 Å². The maximum absolute atomic E-state index is 14.1. The summed E-state index contributed by atoms with van der Waals surface area (Å²) in [6.07, 6.45) is 0. The van der Waals surface area contributed by atoms with Gasteiger partial charge in [-0.3, -0.25) is 24.3 Å². The molecule has 0 fully saturated rings. The number of carbonyl (C=O) groups is 3. The molecule has 1 aliphatic rings. The first kappa shape index (κ1) is 43.5. The first-order valence-electron chi connectivity index (χ1n) is 20.6. The first-order valence-corrected chi connectivity index (χ1v) is 21.3. The number of hydroxylamine groups is 1. The molecule has 66 heavy (non-hydrogen) atoms. The topological polar surface area (TPSA) is 135 Å². The van der Waals surface area contributed by atoms with Gasteiger partial charge in [-0.1, -0.05) is 96.0 Å². The molecule has 0 aliphatic heterocycles. The number of nitrogens with zero attached hydrogens (tertiary/aromatic N) is 6. The zero-order chi connectivity index (χ0) is 46.1. The number of carbonyl (C=O) groups excluding carboxylic acids is 3. The Hall–Kier alpha value is -7.77. The molecule has 0 N–H and O–H groups in total. The van der Waals surface area contributed by atoms with Crippen molar-refractivity contribution in [2.45, 2.75) is 6.61 Å². The molecule has 0 bridgehead atoms. The quantitative estimate of drug-likeness (QED) is 0.0879. The van der Waals surface area contributed by atoms with Crippen LogP contribution in [0, 0.1) is 0 Å². The van der Waals surface area contributed by atoms with Crippen LogP contribution in [-0.2, 0) is 11.4 Å². The van der Waals surface area contributed by atoms with Gasteiger partial charge in [-0.2, -0.15) is 10.2 Å². The van der Waals surface area contributed by atoms with E-state index in [0.717, 1.165) is 21.7 Å². The third-order valence-corrected chi connectivity index (χ3v) is 11.9. The van der Waals surface area contributed by atoms with E-state index < -0.39 is 0 Å². The van der Waals surface area contributed by atoms with Crippen molar-refractivity contribution < 1.29 is 28.7 Å². The fourth-order valence-electron chi connectivity index (χ4n) is 8.00. The van der Waals surface area contributed by atoms with Gasteiger partial charge in [-0.05, 0) is 83.6 Å². The average Bonchev–Trinajstić information content (AvgIpc) is 3.34. The van der Waals surface area contributed by atoms with Crippen molar-refractivity contribution in [3.8, 4) is 11.5 Å². The van der Waals surface area contributed by atoms with E-state index in [0.29, 0.717) is 55.3 Å². The summed E-state index contributed by atoms with van der Waals surface area (Å²) in [6.45, 7) is 0.137. The van der Waals surface area contributed by atoms with Crippen LogP contribution in [0.3, 0.4) is 0 Å². The smallest absolute Gasteiger partial charge is 0.261 e. The van der Waals surface area contributed by atoms with E-state index in [1.165, 1.54) is 18.1 Å². The Morgan fingerprint density at radius 2 is 1.03 bits per heavy atom. The highest BCUT2D eigenvalue weighted by Crippen LogP contribution is 2.43. The third-order valence-electron chi connectivity index (χ3n) is 11.3. The van der Waals surface area contributed by atoms with Crippen LogP contribution in [0.4, 0.5) is 34.1 Å². The number of para-hydroxylation sites is 2. The Balaban J connectivity index is 1.00. The molecule has 0 unspecified atom stereocenters. The van der Waals surface area contributed by atoms with Crippen LogP contribution >= 0.6 is 23.2 Å². The second-order valence-electron chi connectivity index (χ2n) is 15.2. The maximum Gasteiger partial charge on any atom is 0.261 e. The van der Waals surface area contributed by atoms with E-state index in [-0.39, 0.29) is 57.6 Å². The van der Waals surface area contributed by atoms with Crippen molar-refractivity contribution in [2.75, 3.05) is 38.3 Å². The number of anilines is 2. The molecule has 0 atom stereocenters. The van der Waals surface area contributed by atoms with Crippen LogP contribution < -0.4 is 19.4 Å². The van der Waals surface area contributed by atoms with Crippen molar-refractivity contribution in [2.24, 2.45) is 20.5 Å². The van der Waals surface area contributed by atoms with Crippen molar-refractivity contribution >= 4 is 96.3 Å². The number of hydrogen-bond donors (Lipinski definition) is 0. The molecule has 8 aromatic carbocycles. The van der Waals surface area contributed by atoms with E-state index in [9.17, 15) is 14.4 Å². The van der Waals surface area contributed by atoms with Gasteiger partial charge in [0.1, 0.15) is 18.0 Å². The summed E-state index contributed by atoms with van der Waals surface area (Å²) in [5, 5.41) is 24.0.